The van der Waals surface area contributed by atoms with Crippen molar-refractivity contribution in [3.8, 4) is 28.5 Å². The number of H-pyrrole nitrogens is 1. The van der Waals surface area contributed by atoms with Crippen LogP contribution in [0.5, 0.6) is 0 Å². The van der Waals surface area contributed by atoms with E-state index in [-0.39, 0.29) is 21.8 Å². The van der Waals surface area contributed by atoms with Gasteiger partial charge in [0.2, 0.25) is 5.56 Å². The minimum absolute atomic E-state index is 0.188. The fourth-order valence-electron chi connectivity index (χ4n) is 3.88. The number of aromatic amines is 1. The van der Waals surface area contributed by atoms with Crippen LogP contribution >= 0.6 is 11.6 Å². The smallest absolute Gasteiger partial charge is 0.296 e. The second-order valence-electron chi connectivity index (χ2n) is 7.40. The maximum absolute atomic E-state index is 12.3. The van der Waals surface area contributed by atoms with E-state index < -0.39 is 11.7 Å². The number of nitrogens with zero attached hydrogens (tertiary/aromatic N) is 2. The molecule has 4 aromatic rings. The van der Waals surface area contributed by atoms with Crippen molar-refractivity contribution < 1.29 is 9.59 Å². The molecular weight excluding hydrogens is 428 g/mol. The van der Waals surface area contributed by atoms with Gasteiger partial charge in [-0.15, -0.1) is 0 Å². The van der Waals surface area contributed by atoms with Crippen molar-refractivity contribution in [3.63, 3.8) is 0 Å². The summed E-state index contributed by atoms with van der Waals surface area (Å²) < 4.78 is 0. The number of benzene rings is 2. The van der Waals surface area contributed by atoms with Crippen molar-refractivity contribution in [2.75, 3.05) is 5.32 Å². The van der Waals surface area contributed by atoms with E-state index in [1.165, 1.54) is 6.07 Å². The van der Waals surface area contributed by atoms with E-state index in [0.717, 1.165) is 5.56 Å². The molecule has 0 aliphatic carbocycles. The maximum atomic E-state index is 12.3. The largest absolute Gasteiger partial charge is 0.317 e. The van der Waals surface area contributed by atoms with Gasteiger partial charge in [0.1, 0.15) is 5.65 Å². The number of carbonyl (C=O) groups is 2. The van der Waals surface area contributed by atoms with E-state index in [1.54, 1.807) is 30.3 Å². The van der Waals surface area contributed by atoms with Gasteiger partial charge in [0, 0.05) is 22.6 Å². The van der Waals surface area contributed by atoms with E-state index in [2.05, 4.69) is 16.4 Å². The molecular formula is C24H13ClN4O3. The van der Waals surface area contributed by atoms with Crippen LogP contribution in [0.1, 0.15) is 21.5 Å². The SMILES string of the molecule is Cc1c(C#N)cccc1-c1nc2[nH]c(=O)ccc2cc1-c1cc(Cl)c2c(c1)C(=O)C(=O)N2. The zero-order chi connectivity index (χ0) is 22.6. The van der Waals surface area contributed by atoms with E-state index in [0.29, 0.717) is 39.0 Å². The molecule has 7 nitrogen and oxygen atoms in total. The van der Waals surface area contributed by atoms with Crippen molar-refractivity contribution in [3.05, 3.63) is 80.6 Å². The normalized spacial score (nSPS) is 12.5. The van der Waals surface area contributed by atoms with Gasteiger partial charge in [0.05, 0.1) is 33.6 Å². The van der Waals surface area contributed by atoms with E-state index >= 15 is 0 Å². The van der Waals surface area contributed by atoms with Crippen molar-refractivity contribution in [1.29, 1.82) is 5.26 Å². The minimum atomic E-state index is -0.731. The Morgan fingerprint density at radius 3 is 2.59 bits per heavy atom. The molecule has 5 rings (SSSR count). The number of nitriles is 1. The summed E-state index contributed by atoms with van der Waals surface area (Å²) in [4.78, 5) is 43.4. The lowest BCUT2D eigenvalue weighted by Crippen LogP contribution is -2.12. The van der Waals surface area contributed by atoms with Gasteiger partial charge in [-0.05, 0) is 48.4 Å². The fraction of sp³-hybridized carbons (Fsp3) is 0.0417. The Balaban J connectivity index is 1.86. The summed E-state index contributed by atoms with van der Waals surface area (Å²) in [6.07, 6.45) is 0. The molecule has 0 bridgehead atoms. The van der Waals surface area contributed by atoms with Crippen LogP contribution in [0.2, 0.25) is 5.02 Å². The molecule has 32 heavy (non-hydrogen) atoms. The highest BCUT2D eigenvalue weighted by Crippen LogP contribution is 2.40. The number of hydrogen-bond donors (Lipinski definition) is 2. The van der Waals surface area contributed by atoms with Gasteiger partial charge in [0.25, 0.3) is 11.7 Å². The number of Topliss-reactive ketones (excluding diaryl/α,β-unsaturated/α-hetero) is 1. The molecule has 2 aromatic heterocycles. The minimum Gasteiger partial charge on any atom is -0.317 e. The molecule has 0 atom stereocenters. The first-order chi connectivity index (χ1) is 15.4. The van der Waals surface area contributed by atoms with Crippen LogP contribution in [0.25, 0.3) is 33.4 Å². The van der Waals surface area contributed by atoms with Gasteiger partial charge >= 0.3 is 0 Å². The Labute approximate surface area is 186 Å². The Hall–Kier alpha value is -4.28. The van der Waals surface area contributed by atoms with Gasteiger partial charge in [-0.25, -0.2) is 4.98 Å². The van der Waals surface area contributed by atoms with Crippen LogP contribution in [0.15, 0.2) is 53.3 Å². The number of aromatic nitrogens is 2. The van der Waals surface area contributed by atoms with E-state index in [4.69, 9.17) is 16.6 Å². The number of nitrogens with one attached hydrogen (secondary N) is 2. The van der Waals surface area contributed by atoms with Crippen LogP contribution in [0.4, 0.5) is 5.69 Å². The van der Waals surface area contributed by atoms with Gasteiger partial charge in [-0.2, -0.15) is 5.26 Å². The summed E-state index contributed by atoms with van der Waals surface area (Å²) in [5.41, 5.74) is 4.21. The molecule has 2 N–H and O–H groups in total. The number of pyridine rings is 2. The molecule has 8 heteroatoms. The molecule has 3 heterocycles. The van der Waals surface area contributed by atoms with Crippen LogP contribution in [-0.4, -0.2) is 21.7 Å². The number of hydrogen-bond acceptors (Lipinski definition) is 5. The Morgan fingerprint density at radius 2 is 1.81 bits per heavy atom. The number of carbonyl (C=O) groups excluding carboxylic acids is 2. The average Bonchev–Trinajstić information content (AvgIpc) is 3.07. The standard InChI is InChI=1S/C24H13ClN4O3/c1-11-13(10-26)3-2-4-15(11)20-16(7-12-5-6-19(30)27-23(12)28-20)14-8-17-21(18(25)9-14)29-24(32)22(17)31/h2-9H,1H3,(H,27,28,30)(H,29,31,32). The van der Waals surface area contributed by atoms with Crippen molar-refractivity contribution in [1.82, 2.24) is 9.97 Å². The summed E-state index contributed by atoms with van der Waals surface area (Å²) >= 11 is 6.39. The number of amides is 1. The Bertz CT molecular complexity index is 1600. The molecule has 1 aliphatic heterocycles. The van der Waals surface area contributed by atoms with Crippen molar-refractivity contribution in [2.24, 2.45) is 0 Å². The zero-order valence-electron chi connectivity index (χ0n) is 16.6. The highest BCUT2D eigenvalue weighted by atomic mass is 35.5. The van der Waals surface area contributed by atoms with Crippen LogP contribution in [0, 0.1) is 18.3 Å². The third-order valence-electron chi connectivity index (χ3n) is 5.51. The van der Waals surface area contributed by atoms with Gasteiger partial charge in [0.15, 0.2) is 0 Å². The van der Waals surface area contributed by atoms with Crippen LogP contribution in [0.3, 0.4) is 0 Å². The van der Waals surface area contributed by atoms with E-state index in [1.807, 2.05) is 19.1 Å². The summed E-state index contributed by atoms with van der Waals surface area (Å²) in [6.45, 7) is 1.82. The van der Waals surface area contributed by atoms with Crippen LogP contribution in [-0.2, 0) is 4.79 Å². The summed E-state index contributed by atoms with van der Waals surface area (Å²) in [5.74, 6) is -1.39. The lowest BCUT2D eigenvalue weighted by atomic mass is 9.92. The molecule has 0 fully saturated rings. The lowest BCUT2D eigenvalue weighted by molar-refractivity contribution is -0.112. The summed E-state index contributed by atoms with van der Waals surface area (Å²) in [5, 5.41) is 12.9. The topological polar surface area (TPSA) is 116 Å². The first kappa shape index (κ1) is 19.7. The molecule has 1 amide bonds. The van der Waals surface area contributed by atoms with Gasteiger partial charge in [-0.3, -0.25) is 14.4 Å². The molecule has 0 saturated heterocycles. The second-order valence-corrected chi connectivity index (χ2v) is 7.81. The number of halogens is 1. The molecule has 154 valence electrons. The quantitative estimate of drug-likeness (QED) is 0.452. The third kappa shape index (κ3) is 2.97. The lowest BCUT2D eigenvalue weighted by Gasteiger charge is -2.15. The number of rotatable bonds is 2. The predicted octanol–water partition coefficient (Wildman–Crippen LogP) is 4.23. The molecule has 0 saturated carbocycles. The average molecular weight is 441 g/mol. The van der Waals surface area contributed by atoms with Gasteiger partial charge in [-0.1, -0.05) is 23.7 Å². The molecule has 2 aromatic carbocycles. The first-order valence-corrected chi connectivity index (χ1v) is 9.99. The summed E-state index contributed by atoms with van der Waals surface area (Å²) in [7, 11) is 0. The Kier molecular flexibility index (Phi) is 4.40. The first-order valence-electron chi connectivity index (χ1n) is 9.61. The number of anilines is 1. The third-order valence-corrected chi connectivity index (χ3v) is 5.81. The monoisotopic (exact) mass is 440 g/mol. The summed E-state index contributed by atoms with van der Waals surface area (Å²) in [6, 6.07) is 15.6. The Morgan fingerprint density at radius 1 is 1.00 bits per heavy atom. The predicted molar refractivity (Wildman–Crippen MR) is 121 cm³/mol. The highest BCUT2D eigenvalue weighted by molar-refractivity contribution is 6.53. The van der Waals surface area contributed by atoms with Crippen LogP contribution < -0.4 is 10.9 Å². The highest BCUT2D eigenvalue weighted by Gasteiger charge is 2.31. The van der Waals surface area contributed by atoms with E-state index in [9.17, 15) is 19.6 Å². The molecule has 0 radical (unpaired) electrons. The number of ketones is 1. The molecule has 0 spiro atoms. The molecule has 1 aliphatic rings. The maximum Gasteiger partial charge on any atom is 0.296 e. The fourth-order valence-corrected chi connectivity index (χ4v) is 4.15. The van der Waals surface area contributed by atoms with Crippen molar-refractivity contribution >= 4 is 40.0 Å². The second kappa shape index (κ2) is 7.15. The molecule has 0 unspecified atom stereocenters. The zero-order valence-corrected chi connectivity index (χ0v) is 17.4. The van der Waals surface area contributed by atoms with Crippen molar-refractivity contribution in [2.45, 2.75) is 6.92 Å². The number of fused-ring (bicyclic) bond motifs is 2. The van der Waals surface area contributed by atoms with Gasteiger partial charge < -0.3 is 10.3 Å².